The van der Waals surface area contributed by atoms with Crippen LogP contribution >= 0.6 is 15.9 Å². The summed E-state index contributed by atoms with van der Waals surface area (Å²) in [5, 5.41) is 4.92. The van der Waals surface area contributed by atoms with Crippen LogP contribution in [-0.4, -0.2) is 18.7 Å². The van der Waals surface area contributed by atoms with E-state index in [2.05, 4.69) is 193 Å². The first-order valence-electron chi connectivity index (χ1n) is 16.5. The average molecular weight is 694 g/mol. The van der Waals surface area contributed by atoms with Gasteiger partial charge >= 0.3 is 0 Å². The molecule has 0 saturated carbocycles. The summed E-state index contributed by atoms with van der Waals surface area (Å²) in [6.45, 7) is 0.694. The van der Waals surface area contributed by atoms with Crippen molar-refractivity contribution in [1.29, 1.82) is 0 Å². The maximum atomic E-state index is 5.26. The fourth-order valence-electron chi connectivity index (χ4n) is 7.56. The van der Waals surface area contributed by atoms with Gasteiger partial charge in [0.2, 0.25) is 5.95 Å². The lowest BCUT2D eigenvalue weighted by Gasteiger charge is -2.13. The molecule has 4 nitrogen and oxygen atoms in total. The Morgan fingerprint density at radius 1 is 0.449 bits per heavy atom. The number of fused-ring (bicyclic) bond motifs is 7. The van der Waals surface area contributed by atoms with Crippen LogP contribution in [0.3, 0.4) is 0 Å². The van der Waals surface area contributed by atoms with Crippen molar-refractivity contribution in [3.63, 3.8) is 0 Å². The summed E-state index contributed by atoms with van der Waals surface area (Å²) >= 11 is 3.79. The molecule has 0 bridgehead atoms. The molecule has 0 unspecified atom stereocenters. The highest BCUT2D eigenvalue weighted by molar-refractivity contribution is 9.10. The van der Waals surface area contributed by atoms with Gasteiger partial charge in [0.15, 0.2) is 0 Å². The number of para-hydroxylation sites is 5. The van der Waals surface area contributed by atoms with Crippen LogP contribution in [-0.2, 0) is 6.54 Å². The van der Waals surface area contributed by atoms with Gasteiger partial charge in [-0.05, 0) is 83.4 Å². The molecule has 0 aliphatic heterocycles. The Balaban J connectivity index is 1.18. The molecule has 0 amide bonds. The lowest BCUT2D eigenvalue weighted by Crippen LogP contribution is -2.08. The Bertz CT molecular complexity index is 2870. The standard InChI is InChI=1S/C44H29BrN4/c45-37-17-7-4-12-31(37)28-47-43-21-11-8-18-38(43)46-44(47)49-40-20-10-6-16-34(40)36-27-30(23-25-42(36)49)29-22-24-41-35(26-29)33-15-5-9-19-39(33)48(41)32-13-2-1-3-14-32/h1-27H,28H2. The maximum Gasteiger partial charge on any atom is 0.216 e. The van der Waals surface area contributed by atoms with Crippen molar-refractivity contribution in [2.24, 2.45) is 0 Å². The van der Waals surface area contributed by atoms with Gasteiger partial charge in [-0.15, -0.1) is 0 Å². The summed E-state index contributed by atoms with van der Waals surface area (Å²) in [7, 11) is 0. The van der Waals surface area contributed by atoms with E-state index >= 15 is 0 Å². The Hall–Kier alpha value is -5.91. The third-order valence-electron chi connectivity index (χ3n) is 9.81. The van der Waals surface area contributed by atoms with Gasteiger partial charge in [0, 0.05) is 31.7 Å². The van der Waals surface area contributed by atoms with Gasteiger partial charge in [-0.2, -0.15) is 0 Å². The highest BCUT2D eigenvalue weighted by atomic mass is 79.9. The van der Waals surface area contributed by atoms with Gasteiger partial charge in [-0.3, -0.25) is 4.57 Å². The number of benzene rings is 7. The summed E-state index contributed by atoms with van der Waals surface area (Å²) < 4.78 is 8.13. The summed E-state index contributed by atoms with van der Waals surface area (Å²) in [4.78, 5) is 5.26. The molecule has 3 aromatic heterocycles. The third kappa shape index (κ3) is 4.39. The second kappa shape index (κ2) is 11.1. The number of imidazole rings is 1. The largest absolute Gasteiger partial charge is 0.309 e. The van der Waals surface area contributed by atoms with Crippen molar-refractivity contribution in [2.45, 2.75) is 6.54 Å². The molecule has 0 radical (unpaired) electrons. The highest BCUT2D eigenvalue weighted by Gasteiger charge is 2.20. The van der Waals surface area contributed by atoms with Crippen LogP contribution in [0.25, 0.3) is 77.4 Å². The first-order chi connectivity index (χ1) is 24.2. The van der Waals surface area contributed by atoms with Crippen molar-refractivity contribution in [2.75, 3.05) is 0 Å². The highest BCUT2D eigenvalue weighted by Crippen LogP contribution is 2.38. The third-order valence-corrected chi connectivity index (χ3v) is 10.6. The molecule has 3 heterocycles. The zero-order valence-electron chi connectivity index (χ0n) is 26.5. The number of hydrogen-bond donors (Lipinski definition) is 0. The molecular weight excluding hydrogens is 664 g/mol. The molecule has 232 valence electrons. The van der Waals surface area contributed by atoms with Gasteiger partial charge in [-0.25, -0.2) is 4.98 Å². The quantitative estimate of drug-likeness (QED) is 0.176. The van der Waals surface area contributed by atoms with Crippen molar-refractivity contribution >= 4 is 70.6 Å². The number of aromatic nitrogens is 4. The van der Waals surface area contributed by atoms with E-state index in [1.165, 1.54) is 55.0 Å². The first-order valence-corrected chi connectivity index (χ1v) is 17.3. The van der Waals surface area contributed by atoms with Gasteiger partial charge < -0.3 is 9.13 Å². The molecule has 10 aromatic rings. The molecule has 7 aromatic carbocycles. The number of hydrogen-bond acceptors (Lipinski definition) is 1. The van der Waals surface area contributed by atoms with E-state index in [9.17, 15) is 0 Å². The van der Waals surface area contributed by atoms with E-state index in [-0.39, 0.29) is 0 Å². The summed E-state index contributed by atoms with van der Waals surface area (Å²) in [5.41, 5.74) is 11.5. The van der Waals surface area contributed by atoms with Crippen molar-refractivity contribution in [3.8, 4) is 22.8 Å². The molecule has 0 aliphatic carbocycles. The van der Waals surface area contributed by atoms with Crippen LogP contribution in [0.1, 0.15) is 5.56 Å². The second-order valence-corrected chi connectivity index (χ2v) is 13.4. The SMILES string of the molecule is Brc1ccccc1Cn1c(-n2c3ccccc3c3cc(-c4ccc5c(c4)c4ccccc4n5-c4ccccc4)ccc32)nc2ccccc21. The van der Waals surface area contributed by atoms with Crippen molar-refractivity contribution in [1.82, 2.24) is 18.7 Å². The topological polar surface area (TPSA) is 27.7 Å². The van der Waals surface area contributed by atoms with E-state index in [1.54, 1.807) is 0 Å². The van der Waals surface area contributed by atoms with Crippen LogP contribution in [0.4, 0.5) is 0 Å². The number of nitrogens with zero attached hydrogens (tertiary/aromatic N) is 4. The lowest BCUT2D eigenvalue weighted by molar-refractivity contribution is 0.781. The average Bonchev–Trinajstić information content (AvgIpc) is 3.80. The van der Waals surface area contributed by atoms with Gasteiger partial charge in [-0.1, -0.05) is 113 Å². The molecule has 0 saturated heterocycles. The molecule has 0 N–H and O–H groups in total. The summed E-state index contributed by atoms with van der Waals surface area (Å²) in [6.07, 6.45) is 0. The fourth-order valence-corrected chi connectivity index (χ4v) is 7.97. The molecule has 0 spiro atoms. The van der Waals surface area contributed by atoms with E-state index in [4.69, 9.17) is 4.98 Å². The molecule has 10 rings (SSSR count). The second-order valence-electron chi connectivity index (χ2n) is 12.6. The van der Waals surface area contributed by atoms with Crippen LogP contribution in [0.2, 0.25) is 0 Å². The van der Waals surface area contributed by atoms with E-state index in [0.717, 1.165) is 32.5 Å². The summed E-state index contributed by atoms with van der Waals surface area (Å²) in [5.74, 6) is 0.908. The number of rotatable bonds is 5. The van der Waals surface area contributed by atoms with Crippen LogP contribution in [0.15, 0.2) is 168 Å². The minimum Gasteiger partial charge on any atom is -0.309 e. The molecule has 5 heteroatoms. The monoisotopic (exact) mass is 692 g/mol. The Morgan fingerprint density at radius 2 is 0.980 bits per heavy atom. The van der Waals surface area contributed by atoms with Crippen LogP contribution in [0.5, 0.6) is 0 Å². The molecule has 0 atom stereocenters. The lowest BCUT2D eigenvalue weighted by atomic mass is 10.0. The molecule has 0 aliphatic rings. The minimum absolute atomic E-state index is 0.694. The Morgan fingerprint density at radius 3 is 1.67 bits per heavy atom. The molecule has 49 heavy (non-hydrogen) atoms. The van der Waals surface area contributed by atoms with E-state index < -0.39 is 0 Å². The zero-order valence-corrected chi connectivity index (χ0v) is 28.0. The zero-order chi connectivity index (χ0) is 32.5. The van der Waals surface area contributed by atoms with E-state index in [1.807, 2.05) is 0 Å². The van der Waals surface area contributed by atoms with Crippen LogP contribution in [0, 0.1) is 0 Å². The fraction of sp³-hybridized carbons (Fsp3) is 0.0227. The van der Waals surface area contributed by atoms with Gasteiger partial charge in [0.05, 0.1) is 39.6 Å². The maximum absolute atomic E-state index is 5.26. The minimum atomic E-state index is 0.694. The summed E-state index contributed by atoms with van der Waals surface area (Å²) in [6, 6.07) is 58.7. The number of halogens is 1. The Kier molecular flexibility index (Phi) is 6.36. The van der Waals surface area contributed by atoms with Gasteiger partial charge in [0.25, 0.3) is 0 Å². The smallest absolute Gasteiger partial charge is 0.216 e. The predicted molar refractivity (Wildman–Crippen MR) is 207 cm³/mol. The van der Waals surface area contributed by atoms with Crippen molar-refractivity contribution in [3.05, 3.63) is 174 Å². The normalized spacial score (nSPS) is 11.9. The van der Waals surface area contributed by atoms with Crippen LogP contribution < -0.4 is 0 Å². The first kappa shape index (κ1) is 28.1. The predicted octanol–water partition coefficient (Wildman–Crippen LogP) is 11.7. The molecular formula is C44H29BrN4. The van der Waals surface area contributed by atoms with Crippen molar-refractivity contribution < 1.29 is 0 Å². The van der Waals surface area contributed by atoms with Gasteiger partial charge in [0.1, 0.15) is 0 Å². The Labute approximate surface area is 291 Å². The van der Waals surface area contributed by atoms with E-state index in [0.29, 0.717) is 6.54 Å². The molecule has 0 fully saturated rings.